The van der Waals surface area contributed by atoms with Gasteiger partial charge in [-0.1, -0.05) is 72.8 Å². The maximum absolute atomic E-state index is 13.0. The van der Waals surface area contributed by atoms with Crippen LogP contribution in [0.4, 0.5) is 11.4 Å². The number of nitro benzene ring substituents is 1. The molecule has 3 aromatic carbocycles. The molecule has 5 nitrogen and oxygen atoms in total. The van der Waals surface area contributed by atoms with Crippen LogP contribution in [0.1, 0.15) is 17.5 Å². The van der Waals surface area contributed by atoms with E-state index in [0.717, 1.165) is 11.1 Å². The maximum atomic E-state index is 13.0. The monoisotopic (exact) mass is 358 g/mol. The number of carbonyl (C=O) groups is 1. The summed E-state index contributed by atoms with van der Waals surface area (Å²) in [6, 6.07) is 26.1. The molecule has 1 aliphatic rings. The third-order valence-corrected chi connectivity index (χ3v) is 5.21. The second-order valence-corrected chi connectivity index (χ2v) is 6.72. The average Bonchev–Trinajstić information content (AvgIpc) is 3.47. The lowest BCUT2D eigenvalue weighted by atomic mass is 9.85. The minimum atomic E-state index is -0.482. The Morgan fingerprint density at radius 3 is 1.96 bits per heavy atom. The summed E-state index contributed by atoms with van der Waals surface area (Å²) in [7, 11) is 0. The van der Waals surface area contributed by atoms with Crippen molar-refractivity contribution in [1.29, 1.82) is 0 Å². The summed E-state index contributed by atoms with van der Waals surface area (Å²) in [5.74, 6) is -0.473. The van der Waals surface area contributed by atoms with E-state index in [9.17, 15) is 14.9 Å². The van der Waals surface area contributed by atoms with E-state index in [2.05, 4.69) is 5.32 Å². The molecule has 134 valence electrons. The molecule has 1 aliphatic carbocycles. The van der Waals surface area contributed by atoms with Crippen LogP contribution in [-0.2, 0) is 10.2 Å². The molecule has 3 aromatic rings. The Labute approximate surface area is 156 Å². The smallest absolute Gasteiger partial charge is 0.292 e. The standard InChI is InChI=1S/C22H18N2O3/c25-21(23-19-13-7-8-14-20(19)24(26)27)18-15-22(18,16-9-3-1-4-10-16)17-11-5-2-6-12-17/h1-14,18H,15H2,(H,23,25)/t18-/m0/s1. The van der Waals surface area contributed by atoms with Crippen molar-refractivity contribution in [1.82, 2.24) is 0 Å². The molecule has 1 N–H and O–H groups in total. The highest BCUT2D eigenvalue weighted by Gasteiger charge is 2.60. The van der Waals surface area contributed by atoms with E-state index in [1.807, 2.05) is 60.7 Å². The first-order chi connectivity index (χ1) is 13.1. The number of nitrogens with one attached hydrogen (secondary N) is 1. The zero-order valence-electron chi connectivity index (χ0n) is 14.5. The number of anilines is 1. The Morgan fingerprint density at radius 2 is 1.41 bits per heavy atom. The molecule has 0 unspecified atom stereocenters. The van der Waals surface area contributed by atoms with E-state index in [0.29, 0.717) is 6.42 Å². The van der Waals surface area contributed by atoms with Crippen LogP contribution in [-0.4, -0.2) is 10.8 Å². The molecular weight excluding hydrogens is 340 g/mol. The van der Waals surface area contributed by atoms with Crippen molar-refractivity contribution in [3.05, 3.63) is 106 Å². The first-order valence-corrected chi connectivity index (χ1v) is 8.78. The Bertz CT molecular complexity index is 947. The van der Waals surface area contributed by atoms with E-state index in [1.54, 1.807) is 18.2 Å². The van der Waals surface area contributed by atoms with Crippen molar-refractivity contribution in [2.24, 2.45) is 5.92 Å². The molecule has 0 aromatic heterocycles. The predicted octanol–water partition coefficient (Wildman–Crippen LogP) is 4.54. The van der Waals surface area contributed by atoms with Crippen molar-refractivity contribution in [2.75, 3.05) is 5.32 Å². The minimum absolute atomic E-state index is 0.100. The van der Waals surface area contributed by atoms with Crippen molar-refractivity contribution in [2.45, 2.75) is 11.8 Å². The number of nitro groups is 1. The van der Waals surface area contributed by atoms with Crippen LogP contribution < -0.4 is 5.32 Å². The Hall–Kier alpha value is -3.47. The van der Waals surface area contributed by atoms with Gasteiger partial charge in [0.1, 0.15) is 5.69 Å². The number of hydrogen-bond acceptors (Lipinski definition) is 3. The van der Waals surface area contributed by atoms with E-state index in [-0.39, 0.29) is 23.2 Å². The van der Waals surface area contributed by atoms with Crippen LogP contribution in [0.3, 0.4) is 0 Å². The van der Waals surface area contributed by atoms with Gasteiger partial charge in [-0.3, -0.25) is 14.9 Å². The molecule has 5 heteroatoms. The predicted molar refractivity (Wildman–Crippen MR) is 103 cm³/mol. The van der Waals surface area contributed by atoms with Gasteiger partial charge in [0.05, 0.1) is 10.8 Å². The number of hydrogen-bond donors (Lipinski definition) is 1. The summed E-state index contributed by atoms with van der Waals surface area (Å²) in [6.07, 6.45) is 0.674. The summed E-state index contributed by atoms with van der Waals surface area (Å²) in [5.41, 5.74) is 1.90. The van der Waals surface area contributed by atoms with Crippen molar-refractivity contribution in [3.63, 3.8) is 0 Å². The van der Waals surface area contributed by atoms with Gasteiger partial charge >= 0.3 is 0 Å². The highest BCUT2D eigenvalue weighted by Crippen LogP contribution is 2.59. The quantitative estimate of drug-likeness (QED) is 0.537. The Morgan fingerprint density at radius 1 is 0.889 bits per heavy atom. The Balaban J connectivity index is 1.67. The third-order valence-electron chi connectivity index (χ3n) is 5.21. The third kappa shape index (κ3) is 2.97. The van der Waals surface area contributed by atoms with Gasteiger partial charge in [-0.2, -0.15) is 0 Å². The van der Waals surface area contributed by atoms with Crippen LogP contribution in [0.5, 0.6) is 0 Å². The van der Waals surface area contributed by atoms with Crippen LogP contribution in [0.2, 0.25) is 0 Å². The molecule has 0 aliphatic heterocycles. The van der Waals surface area contributed by atoms with Gasteiger partial charge in [-0.25, -0.2) is 0 Å². The summed E-state index contributed by atoms with van der Waals surface area (Å²) in [4.78, 5) is 23.7. The highest BCUT2D eigenvalue weighted by atomic mass is 16.6. The first kappa shape index (κ1) is 17.0. The summed E-state index contributed by atoms with van der Waals surface area (Å²) >= 11 is 0. The van der Waals surface area contributed by atoms with Crippen LogP contribution >= 0.6 is 0 Å². The van der Waals surface area contributed by atoms with Gasteiger partial charge in [0, 0.05) is 11.5 Å². The number of para-hydroxylation sites is 2. The van der Waals surface area contributed by atoms with Crippen molar-refractivity contribution in [3.8, 4) is 0 Å². The second-order valence-electron chi connectivity index (χ2n) is 6.72. The van der Waals surface area contributed by atoms with Gasteiger partial charge in [0.15, 0.2) is 0 Å². The van der Waals surface area contributed by atoms with Gasteiger partial charge in [0.25, 0.3) is 5.69 Å². The fourth-order valence-corrected chi connectivity index (χ4v) is 3.81. The number of amides is 1. The van der Waals surface area contributed by atoms with Gasteiger partial charge in [-0.15, -0.1) is 0 Å². The first-order valence-electron chi connectivity index (χ1n) is 8.78. The fourth-order valence-electron chi connectivity index (χ4n) is 3.81. The molecule has 0 saturated heterocycles. The fraction of sp³-hybridized carbons (Fsp3) is 0.136. The molecule has 0 spiro atoms. The van der Waals surface area contributed by atoms with Gasteiger partial charge in [0.2, 0.25) is 5.91 Å². The SMILES string of the molecule is O=C(Nc1ccccc1[N+](=O)[O-])[C@@H]1CC1(c1ccccc1)c1ccccc1. The zero-order chi connectivity index (χ0) is 18.9. The molecule has 1 saturated carbocycles. The number of benzene rings is 3. The van der Waals surface area contributed by atoms with E-state index < -0.39 is 10.3 Å². The molecule has 1 atom stereocenters. The number of nitrogens with zero attached hydrogens (tertiary/aromatic N) is 1. The van der Waals surface area contributed by atoms with E-state index in [4.69, 9.17) is 0 Å². The molecule has 1 fully saturated rings. The molecular formula is C22H18N2O3. The number of carbonyl (C=O) groups excluding carboxylic acids is 1. The molecule has 0 bridgehead atoms. The van der Waals surface area contributed by atoms with E-state index >= 15 is 0 Å². The topological polar surface area (TPSA) is 72.2 Å². The molecule has 27 heavy (non-hydrogen) atoms. The summed E-state index contributed by atoms with van der Waals surface area (Å²) in [5, 5.41) is 14.0. The van der Waals surface area contributed by atoms with Crippen molar-refractivity contribution >= 4 is 17.3 Å². The lowest BCUT2D eigenvalue weighted by Crippen LogP contribution is -2.22. The number of rotatable bonds is 5. The lowest BCUT2D eigenvalue weighted by Gasteiger charge is -2.19. The zero-order valence-corrected chi connectivity index (χ0v) is 14.5. The molecule has 0 radical (unpaired) electrons. The maximum Gasteiger partial charge on any atom is 0.292 e. The molecule has 1 amide bonds. The lowest BCUT2D eigenvalue weighted by molar-refractivity contribution is -0.383. The molecule has 4 rings (SSSR count). The summed E-state index contributed by atoms with van der Waals surface area (Å²) < 4.78 is 0. The van der Waals surface area contributed by atoms with Crippen LogP contribution in [0.15, 0.2) is 84.9 Å². The summed E-state index contributed by atoms with van der Waals surface area (Å²) in [6.45, 7) is 0. The molecule has 0 heterocycles. The minimum Gasteiger partial charge on any atom is -0.320 e. The second kappa shape index (κ2) is 6.68. The van der Waals surface area contributed by atoms with Gasteiger partial charge < -0.3 is 5.32 Å². The van der Waals surface area contributed by atoms with Gasteiger partial charge in [-0.05, 0) is 23.6 Å². The van der Waals surface area contributed by atoms with E-state index in [1.165, 1.54) is 6.07 Å². The highest BCUT2D eigenvalue weighted by molar-refractivity contribution is 5.98. The van der Waals surface area contributed by atoms with Crippen LogP contribution in [0, 0.1) is 16.0 Å². The Kier molecular flexibility index (Phi) is 4.20. The van der Waals surface area contributed by atoms with Crippen LogP contribution in [0.25, 0.3) is 0 Å². The normalized spacial score (nSPS) is 17.1. The largest absolute Gasteiger partial charge is 0.320 e. The van der Waals surface area contributed by atoms with Crippen molar-refractivity contribution < 1.29 is 9.72 Å². The average molecular weight is 358 g/mol.